The van der Waals surface area contributed by atoms with Gasteiger partial charge in [0.2, 0.25) is 0 Å². The number of aliphatic hydroxyl groups is 1. The van der Waals surface area contributed by atoms with E-state index in [1.807, 2.05) is 47.7 Å². The highest BCUT2D eigenvalue weighted by atomic mass is 16.3. The van der Waals surface area contributed by atoms with Crippen molar-refractivity contribution >= 4 is 0 Å². The highest BCUT2D eigenvalue weighted by Crippen LogP contribution is 2.27. The topological polar surface area (TPSA) is 54.2 Å². The smallest absolute Gasteiger partial charge is 0.0710 e. The van der Waals surface area contributed by atoms with E-state index in [1.54, 1.807) is 0 Å². The largest absolute Gasteiger partial charge is 0.391 e. The third-order valence-electron chi connectivity index (χ3n) is 5.46. The number of β-amino-alcohol motifs (C(OH)–C–C–N with tert-alkyl or cyclic N) is 1. The Bertz CT molecular complexity index is 892. The van der Waals surface area contributed by atoms with E-state index in [4.69, 9.17) is 0 Å². The summed E-state index contributed by atoms with van der Waals surface area (Å²) in [5, 5.41) is 15.0. The SMILES string of the molecule is Cc1cc(C)c(CN2C[C@@H](Cc3ccncc3)[C@H](O)C2)c(-n2cccn2)c1. The molecule has 0 aliphatic carbocycles. The predicted molar refractivity (Wildman–Crippen MR) is 106 cm³/mol. The van der Waals surface area contributed by atoms with Gasteiger partial charge in [-0.3, -0.25) is 9.88 Å². The van der Waals surface area contributed by atoms with Crippen LogP contribution < -0.4 is 0 Å². The quantitative estimate of drug-likeness (QED) is 0.758. The molecule has 27 heavy (non-hydrogen) atoms. The van der Waals surface area contributed by atoms with E-state index < -0.39 is 0 Å². The number of hydrogen-bond acceptors (Lipinski definition) is 4. The van der Waals surface area contributed by atoms with Crippen molar-refractivity contribution < 1.29 is 5.11 Å². The monoisotopic (exact) mass is 362 g/mol. The zero-order valence-electron chi connectivity index (χ0n) is 15.9. The van der Waals surface area contributed by atoms with Gasteiger partial charge in [0.15, 0.2) is 0 Å². The summed E-state index contributed by atoms with van der Waals surface area (Å²) in [5.41, 5.74) is 6.15. The molecule has 1 fully saturated rings. The molecule has 3 heterocycles. The molecule has 1 saturated heterocycles. The van der Waals surface area contributed by atoms with Crippen LogP contribution in [0.5, 0.6) is 0 Å². The Kier molecular flexibility index (Phi) is 5.05. The van der Waals surface area contributed by atoms with Crippen LogP contribution in [-0.2, 0) is 13.0 Å². The molecule has 0 amide bonds. The minimum atomic E-state index is -0.294. The van der Waals surface area contributed by atoms with E-state index in [1.165, 1.54) is 22.3 Å². The lowest BCUT2D eigenvalue weighted by Crippen LogP contribution is -2.23. The lowest BCUT2D eigenvalue weighted by atomic mass is 9.97. The molecule has 1 N–H and O–H groups in total. The lowest BCUT2D eigenvalue weighted by Gasteiger charge is -2.21. The molecule has 2 aromatic heterocycles. The number of aliphatic hydroxyl groups excluding tert-OH is 1. The maximum Gasteiger partial charge on any atom is 0.0710 e. The van der Waals surface area contributed by atoms with E-state index in [-0.39, 0.29) is 12.0 Å². The van der Waals surface area contributed by atoms with Crippen LogP contribution >= 0.6 is 0 Å². The zero-order chi connectivity index (χ0) is 18.8. The number of hydrogen-bond donors (Lipinski definition) is 1. The molecule has 140 valence electrons. The second-order valence-electron chi connectivity index (χ2n) is 7.61. The minimum Gasteiger partial charge on any atom is -0.391 e. The number of rotatable bonds is 5. The average molecular weight is 362 g/mol. The Morgan fingerprint density at radius 1 is 1.11 bits per heavy atom. The van der Waals surface area contributed by atoms with E-state index in [9.17, 15) is 5.11 Å². The summed E-state index contributed by atoms with van der Waals surface area (Å²) in [6, 6.07) is 10.4. The van der Waals surface area contributed by atoms with Crippen molar-refractivity contribution in [2.45, 2.75) is 32.9 Å². The molecule has 1 aliphatic heterocycles. The minimum absolute atomic E-state index is 0.256. The van der Waals surface area contributed by atoms with Crippen molar-refractivity contribution in [3.63, 3.8) is 0 Å². The number of nitrogens with zero attached hydrogens (tertiary/aromatic N) is 4. The van der Waals surface area contributed by atoms with Gasteiger partial charge in [-0.15, -0.1) is 0 Å². The van der Waals surface area contributed by atoms with Gasteiger partial charge in [-0.25, -0.2) is 4.68 Å². The molecule has 5 nitrogen and oxygen atoms in total. The molecule has 0 saturated carbocycles. The van der Waals surface area contributed by atoms with Crippen LogP contribution in [-0.4, -0.2) is 44.0 Å². The second kappa shape index (κ2) is 7.62. The van der Waals surface area contributed by atoms with Gasteiger partial charge in [0, 0.05) is 50.3 Å². The van der Waals surface area contributed by atoms with Crippen molar-refractivity contribution in [2.24, 2.45) is 5.92 Å². The first kappa shape index (κ1) is 17.9. The fraction of sp³-hybridized carbons (Fsp3) is 0.364. The Labute approximate surface area is 160 Å². The van der Waals surface area contributed by atoms with E-state index in [2.05, 4.69) is 41.0 Å². The summed E-state index contributed by atoms with van der Waals surface area (Å²) in [7, 11) is 0. The Hall–Kier alpha value is -2.50. The summed E-state index contributed by atoms with van der Waals surface area (Å²) in [4.78, 5) is 6.44. The van der Waals surface area contributed by atoms with Gasteiger partial charge in [-0.1, -0.05) is 6.07 Å². The molecule has 5 heteroatoms. The van der Waals surface area contributed by atoms with Crippen LogP contribution in [0.1, 0.15) is 22.3 Å². The Morgan fingerprint density at radius 3 is 2.67 bits per heavy atom. The predicted octanol–water partition coefficient (Wildman–Crippen LogP) is 2.92. The van der Waals surface area contributed by atoms with Crippen molar-refractivity contribution in [3.05, 3.63) is 77.4 Å². The van der Waals surface area contributed by atoms with Crippen LogP contribution in [0.4, 0.5) is 0 Å². The fourth-order valence-corrected chi connectivity index (χ4v) is 4.11. The van der Waals surface area contributed by atoms with Crippen LogP contribution in [0.2, 0.25) is 0 Å². The summed E-state index contributed by atoms with van der Waals surface area (Å²) in [6.07, 6.45) is 8.03. The molecule has 1 aliphatic rings. The number of aryl methyl sites for hydroxylation is 2. The zero-order valence-corrected chi connectivity index (χ0v) is 15.9. The molecule has 0 bridgehead atoms. The first-order chi connectivity index (χ1) is 13.1. The van der Waals surface area contributed by atoms with E-state index in [0.717, 1.165) is 25.2 Å². The van der Waals surface area contributed by atoms with Crippen molar-refractivity contribution in [1.82, 2.24) is 19.7 Å². The molecule has 2 atom stereocenters. The standard InChI is InChI=1S/C22H26N4O/c1-16-10-17(2)20(21(11-16)26-9-3-6-24-26)14-25-13-19(22(27)15-25)12-18-4-7-23-8-5-18/h3-11,19,22,27H,12-15H2,1-2H3/t19-,22-/m1/s1. The molecule has 0 spiro atoms. The summed E-state index contributed by atoms with van der Waals surface area (Å²) in [6.45, 7) is 6.71. The molecular formula is C22H26N4O. The molecule has 0 radical (unpaired) electrons. The van der Waals surface area contributed by atoms with Gasteiger partial charge >= 0.3 is 0 Å². The maximum atomic E-state index is 10.6. The van der Waals surface area contributed by atoms with Crippen molar-refractivity contribution in [3.8, 4) is 5.69 Å². The van der Waals surface area contributed by atoms with Crippen LogP contribution in [0, 0.1) is 19.8 Å². The highest BCUT2D eigenvalue weighted by Gasteiger charge is 2.31. The van der Waals surface area contributed by atoms with Gasteiger partial charge in [0.25, 0.3) is 0 Å². The number of benzene rings is 1. The van der Waals surface area contributed by atoms with Gasteiger partial charge in [-0.2, -0.15) is 5.10 Å². The summed E-state index contributed by atoms with van der Waals surface area (Å²) >= 11 is 0. The van der Waals surface area contributed by atoms with Gasteiger partial charge in [-0.05, 0) is 66.8 Å². The van der Waals surface area contributed by atoms with Crippen molar-refractivity contribution in [1.29, 1.82) is 0 Å². The lowest BCUT2D eigenvalue weighted by molar-refractivity contribution is 0.141. The number of pyridine rings is 1. The molecular weight excluding hydrogens is 336 g/mol. The Balaban J connectivity index is 1.53. The van der Waals surface area contributed by atoms with Gasteiger partial charge < -0.3 is 5.11 Å². The summed E-state index contributed by atoms with van der Waals surface area (Å²) < 4.78 is 1.94. The van der Waals surface area contributed by atoms with Gasteiger partial charge in [0.1, 0.15) is 0 Å². The number of aromatic nitrogens is 3. The fourth-order valence-electron chi connectivity index (χ4n) is 4.11. The molecule has 1 aromatic carbocycles. The third-order valence-corrected chi connectivity index (χ3v) is 5.46. The van der Waals surface area contributed by atoms with Crippen LogP contribution in [0.25, 0.3) is 5.69 Å². The van der Waals surface area contributed by atoms with Crippen LogP contribution in [0.3, 0.4) is 0 Å². The van der Waals surface area contributed by atoms with E-state index >= 15 is 0 Å². The first-order valence-corrected chi connectivity index (χ1v) is 9.49. The van der Waals surface area contributed by atoms with Crippen molar-refractivity contribution in [2.75, 3.05) is 13.1 Å². The molecule has 3 aromatic rings. The maximum absolute atomic E-state index is 10.6. The third kappa shape index (κ3) is 3.94. The summed E-state index contributed by atoms with van der Waals surface area (Å²) in [5.74, 6) is 0.256. The van der Waals surface area contributed by atoms with E-state index in [0.29, 0.717) is 6.54 Å². The Morgan fingerprint density at radius 2 is 1.93 bits per heavy atom. The normalized spacial score (nSPS) is 20.3. The second-order valence-corrected chi connectivity index (χ2v) is 7.61. The average Bonchev–Trinajstić information content (AvgIpc) is 3.29. The van der Waals surface area contributed by atoms with Gasteiger partial charge in [0.05, 0.1) is 11.8 Å². The number of likely N-dealkylation sites (tertiary alicyclic amines) is 1. The molecule has 4 rings (SSSR count). The first-order valence-electron chi connectivity index (χ1n) is 9.49. The highest BCUT2D eigenvalue weighted by molar-refractivity contribution is 5.48. The molecule has 0 unspecified atom stereocenters. The van der Waals surface area contributed by atoms with Crippen LogP contribution in [0.15, 0.2) is 55.1 Å².